The highest BCUT2D eigenvalue weighted by Crippen LogP contribution is 2.32. The lowest BCUT2D eigenvalue weighted by Gasteiger charge is -2.19. The van der Waals surface area contributed by atoms with Crippen LogP contribution in [0.2, 0.25) is 0 Å². The smallest absolute Gasteiger partial charge is 0.338 e. The van der Waals surface area contributed by atoms with E-state index in [4.69, 9.17) is 26.4 Å². The van der Waals surface area contributed by atoms with Gasteiger partial charge in [-0.05, 0) is 61.8 Å². The third-order valence-corrected chi connectivity index (χ3v) is 6.72. The fraction of sp³-hybridized carbons (Fsp3) is 0.238. The fourth-order valence-corrected chi connectivity index (χ4v) is 4.67. The number of ether oxygens (including phenoxy) is 3. The summed E-state index contributed by atoms with van der Waals surface area (Å²) in [5, 5.41) is 7.14. The number of carbonyl (C=O) groups is 2. The first-order chi connectivity index (χ1) is 15.4. The molecule has 11 heteroatoms. The molecule has 0 fully saturated rings. The van der Waals surface area contributed by atoms with E-state index >= 15 is 0 Å². The van der Waals surface area contributed by atoms with Crippen LogP contribution in [0.4, 0.5) is 5.69 Å². The quantitative estimate of drug-likeness (QED) is 0.311. The number of aromatic nitrogens is 2. The van der Waals surface area contributed by atoms with Crippen LogP contribution in [0.25, 0.3) is 5.69 Å². The van der Waals surface area contributed by atoms with Gasteiger partial charge in [0.15, 0.2) is 25.9 Å². The molecule has 1 N–H and O–H groups in total. The summed E-state index contributed by atoms with van der Waals surface area (Å²) in [6.45, 7) is 2.45. The number of fused-ring (bicyclic) bond motifs is 1. The maximum atomic E-state index is 12.5. The molecule has 1 aliphatic heterocycles. The lowest BCUT2D eigenvalue weighted by atomic mass is 10.2. The first kappa shape index (κ1) is 22.3. The molecule has 1 amide bonds. The molecule has 0 radical (unpaired) electrons. The number of benzene rings is 2. The number of amides is 1. The average molecular weight is 490 g/mol. The van der Waals surface area contributed by atoms with E-state index in [1.54, 1.807) is 47.1 Å². The molecule has 4 rings (SSSR count). The van der Waals surface area contributed by atoms with Crippen molar-refractivity contribution < 1.29 is 23.8 Å². The van der Waals surface area contributed by atoms with Crippen LogP contribution in [0, 0.1) is 3.95 Å². The highest BCUT2D eigenvalue weighted by molar-refractivity contribution is 8.00. The molecule has 1 aromatic heterocycles. The van der Waals surface area contributed by atoms with Crippen molar-refractivity contribution in [1.82, 2.24) is 9.78 Å². The number of hydrogen-bond acceptors (Lipinski definition) is 9. The molecule has 8 nitrogen and oxygen atoms in total. The maximum Gasteiger partial charge on any atom is 0.338 e. The molecule has 1 aliphatic rings. The van der Waals surface area contributed by atoms with E-state index in [9.17, 15) is 9.59 Å². The Labute approximate surface area is 197 Å². The predicted molar refractivity (Wildman–Crippen MR) is 125 cm³/mol. The number of rotatable bonds is 6. The summed E-state index contributed by atoms with van der Waals surface area (Å²) in [5.74, 6) is 0.127. The van der Waals surface area contributed by atoms with Gasteiger partial charge < -0.3 is 19.5 Å². The molecule has 2 aromatic carbocycles. The Balaban J connectivity index is 1.38. The molecule has 0 unspecified atom stereocenters. The molecule has 1 atom stereocenters. The molecule has 0 aliphatic carbocycles. The number of nitrogens with one attached hydrogen (secondary N) is 1. The summed E-state index contributed by atoms with van der Waals surface area (Å²) >= 11 is 8.27. The van der Waals surface area contributed by atoms with Crippen molar-refractivity contribution in [3.8, 4) is 17.2 Å². The number of hydrogen-bond donors (Lipinski definition) is 1. The molecular formula is C21H19N3O5S3. The van der Waals surface area contributed by atoms with Gasteiger partial charge in [0.2, 0.25) is 0 Å². The normalized spacial score (nSPS) is 13.3. The van der Waals surface area contributed by atoms with Crippen LogP contribution in [0.5, 0.6) is 11.5 Å². The van der Waals surface area contributed by atoms with Crippen molar-refractivity contribution in [1.29, 1.82) is 0 Å². The summed E-state index contributed by atoms with van der Waals surface area (Å²) < 4.78 is 19.4. The molecule has 0 bridgehead atoms. The number of anilines is 1. The van der Waals surface area contributed by atoms with Crippen molar-refractivity contribution >= 4 is 52.9 Å². The van der Waals surface area contributed by atoms with E-state index in [1.165, 1.54) is 30.0 Å². The molecule has 32 heavy (non-hydrogen) atoms. The van der Waals surface area contributed by atoms with Gasteiger partial charge in [-0.3, -0.25) is 4.79 Å². The second-order valence-electron chi connectivity index (χ2n) is 6.69. The number of carbonyl (C=O) groups excluding carboxylic acids is 2. The zero-order valence-electron chi connectivity index (χ0n) is 17.2. The van der Waals surface area contributed by atoms with Crippen molar-refractivity contribution in [3.05, 3.63) is 52.0 Å². The van der Waals surface area contributed by atoms with Crippen molar-refractivity contribution in [3.63, 3.8) is 0 Å². The van der Waals surface area contributed by atoms with Crippen LogP contribution in [-0.4, -0.2) is 47.2 Å². The van der Waals surface area contributed by atoms with Gasteiger partial charge in [0.1, 0.15) is 13.2 Å². The van der Waals surface area contributed by atoms with E-state index < -0.39 is 18.0 Å². The van der Waals surface area contributed by atoms with E-state index in [2.05, 4.69) is 10.4 Å². The molecule has 0 saturated heterocycles. The van der Waals surface area contributed by atoms with Gasteiger partial charge in [0.05, 0.1) is 11.3 Å². The number of esters is 1. The monoisotopic (exact) mass is 489 g/mol. The third-order valence-electron chi connectivity index (χ3n) is 4.51. The Bertz CT molecular complexity index is 1210. The van der Waals surface area contributed by atoms with E-state index in [0.29, 0.717) is 39.9 Å². The zero-order chi connectivity index (χ0) is 22.7. The molecule has 0 saturated carbocycles. The maximum absolute atomic E-state index is 12.5. The zero-order valence-corrected chi connectivity index (χ0v) is 19.6. The van der Waals surface area contributed by atoms with Crippen LogP contribution in [0.1, 0.15) is 17.3 Å². The summed E-state index contributed by atoms with van der Waals surface area (Å²) in [4.78, 5) is 25.0. The van der Waals surface area contributed by atoms with E-state index in [0.717, 1.165) is 10.0 Å². The molecular weight excluding hydrogens is 470 g/mol. The minimum atomic E-state index is -0.994. The molecule has 0 spiro atoms. The van der Waals surface area contributed by atoms with Gasteiger partial charge in [-0.25, -0.2) is 9.48 Å². The second kappa shape index (κ2) is 9.72. The van der Waals surface area contributed by atoms with Gasteiger partial charge in [0, 0.05) is 11.8 Å². The van der Waals surface area contributed by atoms with Gasteiger partial charge in [-0.1, -0.05) is 23.1 Å². The first-order valence-corrected chi connectivity index (χ1v) is 12.1. The van der Waals surface area contributed by atoms with Crippen molar-refractivity contribution in [2.45, 2.75) is 17.4 Å². The van der Waals surface area contributed by atoms with E-state index in [-0.39, 0.29) is 0 Å². The Morgan fingerprint density at radius 3 is 2.59 bits per heavy atom. The van der Waals surface area contributed by atoms with Gasteiger partial charge in [-0.15, -0.1) is 5.10 Å². The second-order valence-corrected chi connectivity index (χ2v) is 9.37. The Morgan fingerprint density at radius 2 is 1.91 bits per heavy atom. The minimum Gasteiger partial charge on any atom is -0.486 e. The summed E-state index contributed by atoms with van der Waals surface area (Å²) in [7, 11) is 0. The molecule has 3 aromatic rings. The summed E-state index contributed by atoms with van der Waals surface area (Å²) in [6.07, 6.45) is 0.939. The SMILES string of the molecule is CSc1nn(-c2ccc(C(=O)O[C@@H](C)C(=O)Nc3ccc4c(c3)OCCO4)cc2)c(=S)s1. The predicted octanol–water partition coefficient (Wildman–Crippen LogP) is 4.34. The highest BCUT2D eigenvalue weighted by Gasteiger charge is 2.20. The number of thioether (sulfide) groups is 1. The van der Waals surface area contributed by atoms with Crippen LogP contribution in [0.3, 0.4) is 0 Å². The van der Waals surface area contributed by atoms with Gasteiger partial charge in [-0.2, -0.15) is 0 Å². The van der Waals surface area contributed by atoms with E-state index in [1.807, 2.05) is 6.26 Å². The Kier molecular flexibility index (Phi) is 6.77. The van der Waals surface area contributed by atoms with Crippen LogP contribution >= 0.6 is 35.3 Å². The standard InChI is InChI=1S/C21H19N3O5S3/c1-12(18(25)22-14-5-8-16-17(11-14)28-10-9-27-16)29-19(26)13-3-6-15(7-4-13)24-21(30)32-20(23-24)31-2/h3-8,11-12H,9-10H2,1-2H3,(H,22,25)/t12-/m0/s1. The lowest BCUT2D eigenvalue weighted by Crippen LogP contribution is -2.30. The van der Waals surface area contributed by atoms with Crippen LogP contribution in [0.15, 0.2) is 46.8 Å². The first-order valence-electron chi connectivity index (χ1n) is 9.60. The lowest BCUT2D eigenvalue weighted by molar-refractivity contribution is -0.123. The minimum absolute atomic E-state index is 0.319. The fourth-order valence-electron chi connectivity index (χ4n) is 2.89. The summed E-state index contributed by atoms with van der Waals surface area (Å²) in [6, 6.07) is 11.8. The largest absolute Gasteiger partial charge is 0.486 e. The number of nitrogens with zero attached hydrogens (tertiary/aromatic N) is 2. The highest BCUT2D eigenvalue weighted by atomic mass is 32.2. The van der Waals surface area contributed by atoms with Gasteiger partial charge in [0.25, 0.3) is 5.91 Å². The molecule has 166 valence electrons. The third kappa shape index (κ3) is 4.95. The Hall–Kier alpha value is -2.89. The molecule has 2 heterocycles. The van der Waals surface area contributed by atoms with Crippen molar-refractivity contribution in [2.75, 3.05) is 24.8 Å². The van der Waals surface area contributed by atoms with Crippen LogP contribution in [-0.2, 0) is 9.53 Å². The van der Waals surface area contributed by atoms with Gasteiger partial charge >= 0.3 is 5.97 Å². The Morgan fingerprint density at radius 1 is 1.19 bits per heavy atom. The summed E-state index contributed by atoms with van der Waals surface area (Å²) in [5.41, 5.74) is 1.59. The average Bonchev–Trinajstić information content (AvgIpc) is 3.19. The topological polar surface area (TPSA) is 91.7 Å². The van der Waals surface area contributed by atoms with Crippen molar-refractivity contribution in [2.24, 2.45) is 0 Å². The van der Waals surface area contributed by atoms with Crippen LogP contribution < -0.4 is 14.8 Å².